The molecule has 0 amide bonds. The third kappa shape index (κ3) is 8.34. The lowest BCUT2D eigenvalue weighted by Gasteiger charge is -2.22. The summed E-state index contributed by atoms with van der Waals surface area (Å²) in [5, 5.41) is 3.25. The minimum atomic E-state index is -3.33. The van der Waals surface area contributed by atoms with Crippen molar-refractivity contribution < 1.29 is 13.2 Å². The summed E-state index contributed by atoms with van der Waals surface area (Å²) in [5.41, 5.74) is 1.39. The predicted octanol–water partition coefficient (Wildman–Crippen LogP) is 2.76. The van der Waals surface area contributed by atoms with Crippen molar-refractivity contribution in [1.82, 2.24) is 10.2 Å². The first-order valence-electron chi connectivity index (χ1n) is 8.54. The molecule has 2 aromatic rings. The van der Waals surface area contributed by atoms with Gasteiger partial charge in [-0.05, 0) is 23.8 Å². The van der Waals surface area contributed by atoms with Gasteiger partial charge in [0.1, 0.15) is 12.4 Å². The molecule has 0 aliphatic rings. The number of para-hydroxylation sites is 2. The Bertz CT molecular complexity index is 860. The molecule has 0 fully saturated rings. The minimum Gasteiger partial charge on any atom is -0.492 e. The van der Waals surface area contributed by atoms with Gasteiger partial charge in [-0.25, -0.2) is 8.42 Å². The molecule has 2 rings (SSSR count). The Labute approximate surface area is 184 Å². The van der Waals surface area contributed by atoms with Crippen molar-refractivity contribution in [3.8, 4) is 5.75 Å². The van der Waals surface area contributed by atoms with Gasteiger partial charge in [0.05, 0.1) is 18.5 Å². The van der Waals surface area contributed by atoms with E-state index in [1.807, 2.05) is 54.4 Å². The lowest BCUT2D eigenvalue weighted by Crippen LogP contribution is -2.40. The zero-order valence-electron chi connectivity index (χ0n) is 16.3. The fourth-order valence-corrected chi connectivity index (χ4v) is 3.05. The summed E-state index contributed by atoms with van der Waals surface area (Å²) >= 11 is 0. The van der Waals surface area contributed by atoms with Gasteiger partial charge in [0.15, 0.2) is 5.96 Å². The smallest absolute Gasteiger partial charge is 0.229 e. The van der Waals surface area contributed by atoms with E-state index in [4.69, 9.17) is 4.74 Å². The summed E-state index contributed by atoms with van der Waals surface area (Å²) < 4.78 is 31.3. The number of anilines is 1. The van der Waals surface area contributed by atoms with Crippen molar-refractivity contribution in [2.45, 2.75) is 6.54 Å². The summed E-state index contributed by atoms with van der Waals surface area (Å²) in [5.74, 6) is 1.52. The molecule has 2 N–H and O–H groups in total. The fourth-order valence-electron chi connectivity index (χ4n) is 2.46. The molecule has 0 spiro atoms. The Hall–Kier alpha value is -2.01. The number of hydrogen-bond donors (Lipinski definition) is 2. The summed E-state index contributed by atoms with van der Waals surface area (Å²) in [6.45, 7) is 1.61. The molecular formula is C19H27IN4O3S. The van der Waals surface area contributed by atoms with E-state index in [-0.39, 0.29) is 24.0 Å². The molecule has 2 aromatic carbocycles. The molecule has 28 heavy (non-hydrogen) atoms. The maximum absolute atomic E-state index is 11.5. The number of aliphatic imine (C=N–C) groups is 1. The van der Waals surface area contributed by atoms with Crippen LogP contribution in [0.25, 0.3) is 0 Å². The van der Waals surface area contributed by atoms with Crippen molar-refractivity contribution in [3.05, 3.63) is 60.2 Å². The molecule has 154 valence electrons. The van der Waals surface area contributed by atoms with Crippen LogP contribution in [0.15, 0.2) is 59.6 Å². The average molecular weight is 518 g/mol. The normalized spacial score (nSPS) is 11.3. The van der Waals surface area contributed by atoms with Crippen molar-refractivity contribution in [2.75, 3.05) is 38.2 Å². The van der Waals surface area contributed by atoms with E-state index in [2.05, 4.69) is 15.0 Å². The highest BCUT2D eigenvalue weighted by atomic mass is 127. The molecule has 0 heterocycles. The lowest BCUT2D eigenvalue weighted by atomic mass is 10.2. The largest absolute Gasteiger partial charge is 0.492 e. The van der Waals surface area contributed by atoms with Crippen LogP contribution >= 0.6 is 24.0 Å². The number of ether oxygens (including phenoxy) is 1. The Morgan fingerprint density at radius 2 is 1.75 bits per heavy atom. The first-order chi connectivity index (χ1) is 12.9. The first kappa shape index (κ1) is 24.0. The minimum absolute atomic E-state index is 0. The van der Waals surface area contributed by atoms with Crippen LogP contribution in [-0.4, -0.2) is 52.8 Å². The molecule has 0 aliphatic heterocycles. The number of likely N-dealkylation sites (N-methyl/N-ethyl adjacent to an activating group) is 1. The monoisotopic (exact) mass is 518 g/mol. The number of nitrogens with zero attached hydrogens (tertiary/aromatic N) is 2. The number of nitrogens with one attached hydrogen (secondary N) is 2. The second-order valence-corrected chi connectivity index (χ2v) is 7.76. The molecule has 9 heteroatoms. The number of rotatable bonds is 8. The van der Waals surface area contributed by atoms with E-state index >= 15 is 0 Å². The van der Waals surface area contributed by atoms with Gasteiger partial charge in [-0.3, -0.25) is 9.71 Å². The number of guanidine groups is 1. The van der Waals surface area contributed by atoms with E-state index < -0.39 is 10.0 Å². The number of benzene rings is 2. The zero-order chi connectivity index (χ0) is 19.7. The molecule has 0 bridgehead atoms. The predicted molar refractivity (Wildman–Crippen MR) is 125 cm³/mol. The van der Waals surface area contributed by atoms with Gasteiger partial charge in [-0.15, -0.1) is 24.0 Å². The molecule has 0 saturated heterocycles. The van der Waals surface area contributed by atoms with Crippen LogP contribution in [0.3, 0.4) is 0 Å². The maximum atomic E-state index is 11.5. The van der Waals surface area contributed by atoms with Crippen LogP contribution in [0.1, 0.15) is 5.56 Å². The van der Waals surface area contributed by atoms with Gasteiger partial charge in [0.2, 0.25) is 10.0 Å². The van der Waals surface area contributed by atoms with Gasteiger partial charge in [-0.2, -0.15) is 0 Å². The third-order valence-electron chi connectivity index (χ3n) is 3.76. The molecule has 0 atom stereocenters. The van der Waals surface area contributed by atoms with E-state index in [0.717, 1.165) is 17.6 Å². The highest BCUT2D eigenvalue weighted by molar-refractivity contribution is 14.0. The van der Waals surface area contributed by atoms with Crippen LogP contribution in [-0.2, 0) is 16.6 Å². The van der Waals surface area contributed by atoms with Crippen LogP contribution in [0.2, 0.25) is 0 Å². The van der Waals surface area contributed by atoms with E-state index in [1.165, 1.54) is 0 Å². The van der Waals surface area contributed by atoms with Crippen LogP contribution in [0.5, 0.6) is 5.75 Å². The summed E-state index contributed by atoms with van der Waals surface area (Å²) in [4.78, 5) is 6.22. The molecule has 0 saturated carbocycles. The molecule has 7 nitrogen and oxygen atoms in total. The fraction of sp³-hybridized carbons (Fsp3) is 0.316. The van der Waals surface area contributed by atoms with Crippen molar-refractivity contribution in [2.24, 2.45) is 4.99 Å². The SMILES string of the molecule is CN=C(NCc1ccccc1NS(C)(=O)=O)N(C)CCOc1ccccc1.I. The van der Waals surface area contributed by atoms with E-state index in [9.17, 15) is 8.42 Å². The van der Waals surface area contributed by atoms with Crippen LogP contribution in [0, 0.1) is 0 Å². The van der Waals surface area contributed by atoms with Crippen molar-refractivity contribution in [3.63, 3.8) is 0 Å². The Morgan fingerprint density at radius 3 is 2.39 bits per heavy atom. The molecule has 0 radical (unpaired) electrons. The summed E-state index contributed by atoms with van der Waals surface area (Å²) in [6.07, 6.45) is 1.14. The van der Waals surface area contributed by atoms with Crippen LogP contribution < -0.4 is 14.8 Å². The standard InChI is InChI=1S/C19H26N4O3S.HI/c1-20-19(23(2)13-14-26-17-10-5-4-6-11-17)21-15-16-9-7-8-12-18(16)22-27(3,24)25;/h4-12,22H,13-15H2,1-3H3,(H,20,21);1H. The van der Waals surface area contributed by atoms with E-state index in [1.54, 1.807) is 19.2 Å². The molecule has 0 aliphatic carbocycles. The van der Waals surface area contributed by atoms with Gasteiger partial charge in [0, 0.05) is 20.6 Å². The second-order valence-electron chi connectivity index (χ2n) is 6.02. The number of hydrogen-bond acceptors (Lipinski definition) is 4. The van der Waals surface area contributed by atoms with Gasteiger partial charge in [-0.1, -0.05) is 36.4 Å². The first-order valence-corrected chi connectivity index (χ1v) is 10.4. The maximum Gasteiger partial charge on any atom is 0.229 e. The van der Waals surface area contributed by atoms with Gasteiger partial charge >= 0.3 is 0 Å². The number of sulfonamides is 1. The molecule has 0 aromatic heterocycles. The quantitative estimate of drug-likeness (QED) is 0.319. The number of halogens is 1. The van der Waals surface area contributed by atoms with Gasteiger partial charge in [0.25, 0.3) is 0 Å². The van der Waals surface area contributed by atoms with Crippen LogP contribution in [0.4, 0.5) is 5.69 Å². The van der Waals surface area contributed by atoms with Crippen molar-refractivity contribution >= 4 is 45.6 Å². The zero-order valence-corrected chi connectivity index (χ0v) is 19.4. The van der Waals surface area contributed by atoms with Gasteiger partial charge < -0.3 is 15.0 Å². The third-order valence-corrected chi connectivity index (χ3v) is 4.35. The summed E-state index contributed by atoms with van der Waals surface area (Å²) in [7, 11) is 0.293. The highest BCUT2D eigenvalue weighted by Crippen LogP contribution is 2.16. The molecule has 0 unspecified atom stereocenters. The highest BCUT2D eigenvalue weighted by Gasteiger charge is 2.10. The summed E-state index contributed by atoms with van der Waals surface area (Å²) in [6, 6.07) is 16.9. The average Bonchev–Trinajstić information content (AvgIpc) is 2.63. The molecular weight excluding hydrogens is 491 g/mol. The Morgan fingerprint density at radius 1 is 1.11 bits per heavy atom. The lowest BCUT2D eigenvalue weighted by molar-refractivity contribution is 0.281. The van der Waals surface area contributed by atoms with E-state index in [0.29, 0.717) is 31.3 Å². The van der Waals surface area contributed by atoms with Crippen molar-refractivity contribution in [1.29, 1.82) is 0 Å². The Balaban J connectivity index is 0.00000392. The second kappa shape index (κ2) is 11.7. The topological polar surface area (TPSA) is 83.0 Å². The Kier molecular flexibility index (Phi) is 10.1.